The van der Waals surface area contributed by atoms with Crippen molar-refractivity contribution in [3.05, 3.63) is 24.8 Å². The van der Waals surface area contributed by atoms with Gasteiger partial charge in [-0.2, -0.15) is 0 Å². The highest BCUT2D eigenvalue weighted by Gasteiger charge is 2.22. The average molecular weight is 241 g/mol. The van der Waals surface area contributed by atoms with Crippen LogP contribution in [0, 0.1) is 0 Å². The van der Waals surface area contributed by atoms with Crippen LogP contribution in [0.2, 0.25) is 0 Å². The Morgan fingerprint density at radius 1 is 1.35 bits per heavy atom. The Hall–Kier alpha value is -1.78. The zero-order chi connectivity index (χ0) is 13.5. The summed E-state index contributed by atoms with van der Waals surface area (Å²) in [5.74, 6) is -0.575. The van der Waals surface area contributed by atoms with E-state index < -0.39 is 23.7 Å². The van der Waals surface area contributed by atoms with Gasteiger partial charge < -0.3 is 14.8 Å². The van der Waals surface area contributed by atoms with Crippen LogP contribution in [-0.2, 0) is 14.3 Å². The van der Waals surface area contributed by atoms with Crippen molar-refractivity contribution in [2.75, 3.05) is 7.11 Å². The van der Waals surface area contributed by atoms with Gasteiger partial charge in [0.15, 0.2) is 0 Å². The van der Waals surface area contributed by atoms with Crippen molar-refractivity contribution in [3.8, 4) is 0 Å². The molecule has 0 saturated heterocycles. The third-order valence-electron chi connectivity index (χ3n) is 1.57. The second-order valence-corrected chi connectivity index (χ2v) is 4.27. The Morgan fingerprint density at radius 3 is 2.35 bits per heavy atom. The molecule has 5 heteroatoms. The first-order valence-electron chi connectivity index (χ1n) is 5.16. The minimum atomic E-state index is -0.882. The Morgan fingerprint density at radius 2 is 1.94 bits per heavy atom. The zero-order valence-electron chi connectivity index (χ0n) is 10.6. The number of nitrogens with one attached hydrogen (secondary N) is 1. The van der Waals surface area contributed by atoms with Crippen molar-refractivity contribution < 1.29 is 19.1 Å². The van der Waals surface area contributed by atoms with Crippen LogP contribution < -0.4 is 5.32 Å². The summed E-state index contributed by atoms with van der Waals surface area (Å²) < 4.78 is 9.57. The number of rotatable bonds is 4. The number of hydrogen-bond acceptors (Lipinski definition) is 4. The fraction of sp³-hybridized carbons (Fsp3) is 0.500. The SMILES string of the molecule is C=C/C=C\[C@H](NC(=O)OC(C)(C)C)C(=O)OC. The number of methoxy groups -OCH3 is 1. The topological polar surface area (TPSA) is 64.6 Å². The maximum atomic E-state index is 11.5. The van der Waals surface area contributed by atoms with Crippen LogP contribution in [0.3, 0.4) is 0 Å². The molecule has 0 fully saturated rings. The van der Waals surface area contributed by atoms with Crippen LogP contribution in [0.1, 0.15) is 20.8 Å². The van der Waals surface area contributed by atoms with Crippen molar-refractivity contribution in [3.63, 3.8) is 0 Å². The second-order valence-electron chi connectivity index (χ2n) is 4.27. The number of allylic oxidation sites excluding steroid dienone is 2. The Kier molecular flexibility index (Phi) is 6.02. The fourth-order valence-electron chi connectivity index (χ4n) is 0.937. The van der Waals surface area contributed by atoms with E-state index in [0.717, 1.165) is 0 Å². The summed E-state index contributed by atoms with van der Waals surface area (Å²) in [6.45, 7) is 8.68. The third kappa shape index (κ3) is 7.16. The van der Waals surface area contributed by atoms with Gasteiger partial charge in [0.05, 0.1) is 7.11 Å². The summed E-state index contributed by atoms with van der Waals surface area (Å²) >= 11 is 0. The van der Waals surface area contributed by atoms with Crippen molar-refractivity contribution in [1.82, 2.24) is 5.32 Å². The van der Waals surface area contributed by atoms with Crippen LogP contribution in [0.15, 0.2) is 24.8 Å². The van der Waals surface area contributed by atoms with E-state index in [1.165, 1.54) is 19.3 Å². The molecule has 1 atom stereocenters. The van der Waals surface area contributed by atoms with Crippen LogP contribution in [0.5, 0.6) is 0 Å². The lowest BCUT2D eigenvalue weighted by atomic mass is 10.2. The molecule has 0 unspecified atom stereocenters. The Bertz CT molecular complexity index is 315. The van der Waals surface area contributed by atoms with E-state index in [9.17, 15) is 9.59 Å². The molecular formula is C12H19NO4. The lowest BCUT2D eigenvalue weighted by molar-refractivity contribution is -0.141. The van der Waals surface area contributed by atoms with Gasteiger partial charge in [0.2, 0.25) is 0 Å². The van der Waals surface area contributed by atoms with Crippen molar-refractivity contribution in [1.29, 1.82) is 0 Å². The van der Waals surface area contributed by atoms with Crippen molar-refractivity contribution in [2.24, 2.45) is 0 Å². The van der Waals surface area contributed by atoms with Gasteiger partial charge in [-0.25, -0.2) is 9.59 Å². The molecule has 0 aliphatic carbocycles. The molecule has 0 bridgehead atoms. The van der Waals surface area contributed by atoms with Gasteiger partial charge in [0.1, 0.15) is 11.6 Å². The summed E-state index contributed by atoms with van der Waals surface area (Å²) in [5, 5.41) is 2.39. The average Bonchev–Trinajstić information content (AvgIpc) is 2.20. The third-order valence-corrected chi connectivity index (χ3v) is 1.57. The summed E-state index contributed by atoms with van der Waals surface area (Å²) in [7, 11) is 1.24. The van der Waals surface area contributed by atoms with Gasteiger partial charge in [-0.15, -0.1) is 0 Å². The lowest BCUT2D eigenvalue weighted by Crippen LogP contribution is -2.42. The van der Waals surface area contributed by atoms with Crippen LogP contribution in [0.4, 0.5) is 4.79 Å². The smallest absolute Gasteiger partial charge is 0.408 e. The first kappa shape index (κ1) is 15.2. The van der Waals surface area contributed by atoms with E-state index in [2.05, 4.69) is 16.6 Å². The quantitative estimate of drug-likeness (QED) is 0.602. The fourth-order valence-corrected chi connectivity index (χ4v) is 0.937. The molecule has 0 heterocycles. The Labute approximate surface area is 101 Å². The molecule has 0 aliphatic heterocycles. The predicted octanol–water partition coefficient (Wildman–Crippen LogP) is 1.79. The first-order valence-corrected chi connectivity index (χ1v) is 5.16. The molecule has 5 nitrogen and oxygen atoms in total. The molecule has 17 heavy (non-hydrogen) atoms. The number of ether oxygens (including phenoxy) is 2. The van der Waals surface area contributed by atoms with E-state index in [0.29, 0.717) is 0 Å². The van der Waals surface area contributed by atoms with Crippen molar-refractivity contribution >= 4 is 12.1 Å². The summed E-state index contributed by atoms with van der Waals surface area (Å²) in [6, 6.07) is -0.882. The molecule has 0 aliphatic rings. The van der Waals surface area contributed by atoms with E-state index in [4.69, 9.17) is 4.74 Å². The summed E-state index contributed by atoms with van der Waals surface area (Å²) in [6.07, 6.45) is 3.82. The highest BCUT2D eigenvalue weighted by atomic mass is 16.6. The van der Waals surface area contributed by atoms with Crippen LogP contribution in [0.25, 0.3) is 0 Å². The van der Waals surface area contributed by atoms with E-state index in [1.807, 2.05) is 0 Å². The summed E-state index contributed by atoms with van der Waals surface area (Å²) in [4.78, 5) is 22.8. The predicted molar refractivity (Wildman–Crippen MR) is 64.5 cm³/mol. The first-order chi connectivity index (χ1) is 7.80. The van der Waals surface area contributed by atoms with E-state index in [1.54, 1.807) is 26.8 Å². The molecule has 1 N–H and O–H groups in total. The molecule has 0 aromatic carbocycles. The Balaban J connectivity index is 4.53. The molecule has 1 amide bonds. The number of hydrogen-bond donors (Lipinski definition) is 1. The van der Waals surface area contributed by atoms with Crippen LogP contribution in [-0.4, -0.2) is 30.8 Å². The molecule has 0 spiro atoms. The minimum absolute atomic E-state index is 0.575. The zero-order valence-corrected chi connectivity index (χ0v) is 10.6. The number of carbonyl (C=O) groups excluding carboxylic acids is 2. The lowest BCUT2D eigenvalue weighted by Gasteiger charge is -2.21. The standard InChI is InChI=1S/C12H19NO4/c1-6-7-8-9(10(14)16-5)13-11(15)17-12(2,3)4/h6-9H,1H2,2-5H3,(H,13,15)/b8-7-/t9-/m0/s1. The van der Waals surface area contributed by atoms with E-state index >= 15 is 0 Å². The van der Waals surface area contributed by atoms with Gasteiger partial charge in [-0.05, 0) is 20.8 Å². The van der Waals surface area contributed by atoms with Gasteiger partial charge in [0.25, 0.3) is 0 Å². The molecule has 0 aromatic rings. The number of amides is 1. The molecule has 0 radical (unpaired) electrons. The van der Waals surface area contributed by atoms with E-state index in [-0.39, 0.29) is 0 Å². The van der Waals surface area contributed by atoms with Gasteiger partial charge in [0, 0.05) is 0 Å². The van der Waals surface area contributed by atoms with Crippen LogP contribution >= 0.6 is 0 Å². The van der Waals surface area contributed by atoms with Gasteiger partial charge in [-0.1, -0.05) is 24.8 Å². The molecule has 0 saturated carbocycles. The molecule has 0 rings (SSSR count). The summed E-state index contributed by atoms with van der Waals surface area (Å²) in [5.41, 5.74) is -0.618. The minimum Gasteiger partial charge on any atom is -0.467 e. The van der Waals surface area contributed by atoms with Crippen molar-refractivity contribution in [2.45, 2.75) is 32.4 Å². The number of esters is 1. The number of alkyl carbamates (subject to hydrolysis) is 1. The maximum Gasteiger partial charge on any atom is 0.408 e. The molecule has 0 aromatic heterocycles. The monoisotopic (exact) mass is 241 g/mol. The van der Waals surface area contributed by atoms with Gasteiger partial charge >= 0.3 is 12.1 Å². The second kappa shape index (κ2) is 6.73. The largest absolute Gasteiger partial charge is 0.467 e. The highest BCUT2D eigenvalue weighted by Crippen LogP contribution is 2.07. The molecule has 96 valence electrons. The normalized spacial score (nSPS) is 12.9. The highest BCUT2D eigenvalue weighted by molar-refractivity contribution is 5.83. The maximum absolute atomic E-state index is 11.5. The van der Waals surface area contributed by atoms with Gasteiger partial charge in [-0.3, -0.25) is 0 Å². The number of carbonyl (C=O) groups is 2. The molecular weight excluding hydrogens is 222 g/mol.